The van der Waals surface area contributed by atoms with Gasteiger partial charge in [0.2, 0.25) is 5.43 Å². The number of carbonyl (C=O) groups excluding carboxylic acids is 1. The maximum atomic E-state index is 12.9. The first-order valence-corrected chi connectivity index (χ1v) is 11.1. The van der Waals surface area contributed by atoms with E-state index < -0.39 is 5.91 Å². The van der Waals surface area contributed by atoms with Gasteiger partial charge in [-0.05, 0) is 37.5 Å². The highest BCUT2D eigenvalue weighted by atomic mass is 32.1. The van der Waals surface area contributed by atoms with Crippen molar-refractivity contribution < 1.29 is 4.79 Å². The summed E-state index contributed by atoms with van der Waals surface area (Å²) in [5, 5.41) is 5.57. The largest absolute Gasteiger partial charge is 0.332 e. The van der Waals surface area contributed by atoms with Crippen LogP contribution in [0.2, 0.25) is 0 Å². The molecule has 3 aromatic heterocycles. The molecule has 0 aliphatic heterocycles. The zero-order chi connectivity index (χ0) is 22.1. The topological polar surface area (TPSA) is 76.9 Å². The van der Waals surface area contributed by atoms with Gasteiger partial charge in [-0.25, -0.2) is 9.97 Å². The van der Waals surface area contributed by atoms with Crippen LogP contribution in [0.4, 0.5) is 5.13 Å². The van der Waals surface area contributed by atoms with Crippen LogP contribution in [0.3, 0.4) is 0 Å². The normalized spacial score (nSPS) is 11.3. The van der Waals surface area contributed by atoms with Gasteiger partial charge in [-0.2, -0.15) is 0 Å². The Morgan fingerprint density at radius 3 is 2.55 bits per heavy atom. The predicted molar refractivity (Wildman–Crippen MR) is 126 cm³/mol. The maximum Gasteiger partial charge on any atom is 0.262 e. The minimum absolute atomic E-state index is 0.0815. The Morgan fingerprint density at radius 2 is 1.87 bits per heavy atom. The lowest BCUT2D eigenvalue weighted by Crippen LogP contribution is -2.24. The lowest BCUT2D eigenvalue weighted by molar-refractivity contribution is 0.102. The van der Waals surface area contributed by atoms with E-state index in [1.807, 2.05) is 35.9 Å². The zero-order valence-electron chi connectivity index (χ0n) is 18.0. The molecule has 0 radical (unpaired) electrons. The van der Waals surface area contributed by atoms with Crippen molar-refractivity contribution >= 4 is 33.4 Å². The summed E-state index contributed by atoms with van der Waals surface area (Å²) in [6.07, 6.45) is 1.57. The fraction of sp³-hybridized carbons (Fsp3) is 0.250. The number of carbonyl (C=O) groups is 1. The van der Waals surface area contributed by atoms with Crippen LogP contribution in [0, 0.1) is 6.92 Å². The van der Waals surface area contributed by atoms with Crippen molar-refractivity contribution in [3.8, 4) is 11.3 Å². The molecule has 0 bridgehead atoms. The number of benzene rings is 1. The number of hydrogen-bond acceptors (Lipinski definition) is 5. The van der Waals surface area contributed by atoms with Crippen LogP contribution in [-0.2, 0) is 6.54 Å². The van der Waals surface area contributed by atoms with E-state index in [-0.39, 0.29) is 11.0 Å². The molecule has 0 fully saturated rings. The molecule has 4 aromatic rings. The summed E-state index contributed by atoms with van der Waals surface area (Å²) in [5.74, 6) is -0.00157. The molecule has 1 aromatic carbocycles. The van der Waals surface area contributed by atoms with Crippen molar-refractivity contribution in [2.45, 2.75) is 40.2 Å². The number of fused-ring (bicyclic) bond motifs is 1. The van der Waals surface area contributed by atoms with E-state index in [0.717, 1.165) is 17.0 Å². The minimum atomic E-state index is -0.467. The predicted octanol–water partition coefficient (Wildman–Crippen LogP) is 5.22. The summed E-state index contributed by atoms with van der Waals surface area (Å²) in [5.41, 5.74) is 4.21. The Morgan fingerprint density at radius 1 is 1.13 bits per heavy atom. The molecule has 0 aliphatic carbocycles. The third kappa shape index (κ3) is 4.14. The average molecular weight is 433 g/mol. The zero-order valence-corrected chi connectivity index (χ0v) is 18.8. The average Bonchev–Trinajstić information content (AvgIpc) is 3.22. The van der Waals surface area contributed by atoms with E-state index in [4.69, 9.17) is 0 Å². The Bertz CT molecular complexity index is 1320. The summed E-state index contributed by atoms with van der Waals surface area (Å²) in [4.78, 5) is 34.8. The summed E-state index contributed by atoms with van der Waals surface area (Å²) >= 11 is 1.34. The Balaban J connectivity index is 1.62. The van der Waals surface area contributed by atoms with Crippen molar-refractivity contribution in [3.05, 3.63) is 75.0 Å². The lowest BCUT2D eigenvalue weighted by Gasteiger charge is -2.11. The standard InChI is InChI=1S/C24H24N4O2S/c1-5-28-12-19(21(29)18-11-6-15(4)25-22(18)28)23(30)27-24-26-20(13-31-24)17-9-7-16(8-10-17)14(2)3/h6-14H,5H2,1-4H3,(H,26,27,30). The molecule has 1 N–H and O–H groups in total. The number of hydrogen-bond donors (Lipinski definition) is 1. The SMILES string of the molecule is CCn1cc(C(=O)Nc2nc(-c3ccc(C(C)C)cc3)cs2)c(=O)c2ccc(C)nc21. The molecule has 0 saturated carbocycles. The quantitative estimate of drug-likeness (QED) is 0.469. The van der Waals surface area contributed by atoms with Crippen LogP contribution in [-0.4, -0.2) is 20.4 Å². The first kappa shape index (κ1) is 20.9. The second-order valence-corrected chi connectivity index (χ2v) is 8.61. The number of rotatable bonds is 5. The second kappa shape index (κ2) is 8.43. The van der Waals surface area contributed by atoms with Crippen molar-refractivity contribution in [3.63, 3.8) is 0 Å². The van der Waals surface area contributed by atoms with Gasteiger partial charge in [0, 0.05) is 29.4 Å². The van der Waals surface area contributed by atoms with Crippen LogP contribution in [0.25, 0.3) is 22.3 Å². The first-order valence-electron chi connectivity index (χ1n) is 10.3. The van der Waals surface area contributed by atoms with Gasteiger partial charge >= 0.3 is 0 Å². The molecule has 0 saturated heterocycles. The molecule has 158 valence electrons. The highest BCUT2D eigenvalue weighted by Gasteiger charge is 2.17. The molecular formula is C24H24N4O2S. The van der Waals surface area contributed by atoms with Gasteiger partial charge in [-0.1, -0.05) is 38.1 Å². The maximum absolute atomic E-state index is 12.9. The van der Waals surface area contributed by atoms with Gasteiger partial charge in [0.15, 0.2) is 5.13 Å². The van der Waals surface area contributed by atoms with E-state index in [0.29, 0.717) is 28.6 Å². The highest BCUT2D eigenvalue weighted by molar-refractivity contribution is 7.14. The Kier molecular flexibility index (Phi) is 5.69. The van der Waals surface area contributed by atoms with Gasteiger partial charge < -0.3 is 4.57 Å². The summed E-state index contributed by atoms with van der Waals surface area (Å²) in [6.45, 7) is 8.74. The minimum Gasteiger partial charge on any atom is -0.332 e. The van der Waals surface area contributed by atoms with Crippen molar-refractivity contribution in [1.29, 1.82) is 0 Å². The third-order valence-electron chi connectivity index (χ3n) is 5.24. The Labute approximate surface area is 184 Å². The summed E-state index contributed by atoms with van der Waals surface area (Å²) in [6, 6.07) is 11.8. The fourth-order valence-electron chi connectivity index (χ4n) is 3.43. The molecule has 6 nitrogen and oxygen atoms in total. The van der Waals surface area contributed by atoms with E-state index in [1.165, 1.54) is 16.9 Å². The van der Waals surface area contributed by atoms with E-state index >= 15 is 0 Å². The summed E-state index contributed by atoms with van der Waals surface area (Å²) in [7, 11) is 0. The van der Waals surface area contributed by atoms with Gasteiger partial charge in [-0.3, -0.25) is 14.9 Å². The second-order valence-electron chi connectivity index (χ2n) is 7.75. The number of thiazole rings is 1. The molecular weight excluding hydrogens is 408 g/mol. The number of amides is 1. The van der Waals surface area contributed by atoms with Gasteiger partial charge in [0.25, 0.3) is 5.91 Å². The number of nitrogens with zero attached hydrogens (tertiary/aromatic N) is 3. The van der Waals surface area contributed by atoms with Gasteiger partial charge in [0.05, 0.1) is 11.1 Å². The number of aromatic nitrogens is 3. The van der Waals surface area contributed by atoms with Crippen LogP contribution < -0.4 is 10.7 Å². The molecule has 0 spiro atoms. The number of aryl methyl sites for hydroxylation is 2. The van der Waals surface area contributed by atoms with Crippen molar-refractivity contribution in [2.24, 2.45) is 0 Å². The summed E-state index contributed by atoms with van der Waals surface area (Å²) < 4.78 is 1.82. The van der Waals surface area contributed by atoms with E-state index in [2.05, 4.69) is 41.3 Å². The lowest BCUT2D eigenvalue weighted by atomic mass is 10.0. The molecule has 7 heteroatoms. The van der Waals surface area contributed by atoms with E-state index in [9.17, 15) is 9.59 Å². The fourth-order valence-corrected chi connectivity index (χ4v) is 4.14. The number of nitrogens with one attached hydrogen (secondary N) is 1. The van der Waals surface area contributed by atoms with Crippen molar-refractivity contribution in [1.82, 2.24) is 14.5 Å². The Hall–Kier alpha value is -3.32. The first-order chi connectivity index (χ1) is 14.9. The molecule has 4 rings (SSSR count). The third-order valence-corrected chi connectivity index (χ3v) is 6.00. The van der Waals surface area contributed by atoms with Crippen LogP contribution >= 0.6 is 11.3 Å². The van der Waals surface area contributed by atoms with Gasteiger partial charge in [-0.15, -0.1) is 11.3 Å². The number of anilines is 1. The van der Waals surface area contributed by atoms with Crippen LogP contribution in [0.15, 0.2) is 52.8 Å². The molecule has 0 aliphatic rings. The van der Waals surface area contributed by atoms with E-state index in [1.54, 1.807) is 18.3 Å². The highest BCUT2D eigenvalue weighted by Crippen LogP contribution is 2.26. The molecule has 0 unspecified atom stereocenters. The van der Waals surface area contributed by atoms with Crippen molar-refractivity contribution in [2.75, 3.05) is 5.32 Å². The molecule has 3 heterocycles. The van der Waals surface area contributed by atoms with Crippen LogP contribution in [0.5, 0.6) is 0 Å². The smallest absolute Gasteiger partial charge is 0.262 e. The molecule has 1 amide bonds. The molecule has 31 heavy (non-hydrogen) atoms. The molecule has 0 atom stereocenters. The van der Waals surface area contributed by atoms with Gasteiger partial charge in [0.1, 0.15) is 11.2 Å². The van der Waals surface area contributed by atoms with Crippen LogP contribution in [0.1, 0.15) is 48.3 Å². The monoisotopic (exact) mass is 432 g/mol. The number of pyridine rings is 2.